The quantitative estimate of drug-likeness (QED) is 0.746. The second-order valence-electron chi connectivity index (χ2n) is 4.64. The molecule has 2 rings (SSSR count). The summed E-state index contributed by atoms with van der Waals surface area (Å²) in [5.74, 6) is -1.65. The highest BCUT2D eigenvalue weighted by Gasteiger charge is 2.30. The van der Waals surface area contributed by atoms with Gasteiger partial charge in [0.1, 0.15) is 0 Å². The molecule has 1 fully saturated rings. The highest BCUT2D eigenvalue weighted by atomic mass is 79.9. The number of carbonyl (C=O) groups is 2. The number of carboxylic acids is 1. The van der Waals surface area contributed by atoms with E-state index < -0.39 is 28.0 Å². The highest BCUT2D eigenvalue weighted by molar-refractivity contribution is 9.10. The fourth-order valence-corrected chi connectivity index (χ4v) is 2.95. The Morgan fingerprint density at radius 2 is 2.09 bits per heavy atom. The summed E-state index contributed by atoms with van der Waals surface area (Å²) >= 11 is 3.18. The number of ether oxygens (including phenoxy) is 1. The van der Waals surface area contributed by atoms with Gasteiger partial charge in [0.15, 0.2) is 6.10 Å². The van der Waals surface area contributed by atoms with Crippen LogP contribution in [0.25, 0.3) is 0 Å². The van der Waals surface area contributed by atoms with Crippen LogP contribution in [-0.4, -0.2) is 56.1 Å². The zero-order chi connectivity index (χ0) is 16.5. The zero-order valence-electron chi connectivity index (χ0n) is 11.2. The Kier molecular flexibility index (Phi) is 4.85. The average molecular weight is 393 g/mol. The van der Waals surface area contributed by atoms with Crippen molar-refractivity contribution in [3.8, 4) is 0 Å². The molecule has 22 heavy (non-hydrogen) atoms. The second-order valence-corrected chi connectivity index (χ2v) is 7.05. The number of rotatable bonds is 3. The van der Waals surface area contributed by atoms with Crippen LogP contribution >= 0.6 is 15.9 Å². The van der Waals surface area contributed by atoms with Crippen LogP contribution < -0.4 is 5.14 Å². The lowest BCUT2D eigenvalue weighted by molar-refractivity contribution is -0.154. The van der Waals surface area contributed by atoms with Crippen molar-refractivity contribution in [1.29, 1.82) is 0 Å². The van der Waals surface area contributed by atoms with Gasteiger partial charge in [0.25, 0.3) is 5.91 Å². The van der Waals surface area contributed by atoms with E-state index in [-0.39, 0.29) is 30.2 Å². The molecule has 0 aliphatic carbocycles. The third kappa shape index (κ3) is 3.64. The lowest BCUT2D eigenvalue weighted by Gasteiger charge is -2.31. The first kappa shape index (κ1) is 16.9. The van der Waals surface area contributed by atoms with Crippen LogP contribution in [-0.2, 0) is 19.6 Å². The van der Waals surface area contributed by atoms with Gasteiger partial charge in [-0.25, -0.2) is 18.4 Å². The largest absolute Gasteiger partial charge is 0.479 e. The van der Waals surface area contributed by atoms with Crippen molar-refractivity contribution in [2.24, 2.45) is 5.14 Å². The van der Waals surface area contributed by atoms with E-state index in [4.69, 9.17) is 15.0 Å². The first-order valence-corrected chi connectivity index (χ1v) is 8.50. The topological polar surface area (TPSA) is 127 Å². The van der Waals surface area contributed by atoms with E-state index >= 15 is 0 Å². The number of hydrogen-bond acceptors (Lipinski definition) is 5. The third-order valence-electron chi connectivity index (χ3n) is 3.13. The molecule has 0 radical (unpaired) electrons. The smallest absolute Gasteiger partial charge is 0.334 e. The maximum atomic E-state index is 12.5. The van der Waals surface area contributed by atoms with Gasteiger partial charge in [-0.2, -0.15) is 0 Å². The van der Waals surface area contributed by atoms with Crippen molar-refractivity contribution < 1.29 is 27.9 Å². The van der Waals surface area contributed by atoms with Gasteiger partial charge in [0.05, 0.1) is 23.6 Å². The van der Waals surface area contributed by atoms with Crippen LogP contribution in [0.2, 0.25) is 0 Å². The number of benzene rings is 1. The Bertz CT molecular complexity index is 720. The number of morpholine rings is 1. The molecule has 0 saturated carbocycles. The number of nitrogens with two attached hydrogens (primary N) is 1. The SMILES string of the molecule is NS(=O)(=O)c1ccc(Br)c(C(=O)N2CCO[C@H](C(=O)O)C2)c1. The number of aliphatic carboxylic acids is 1. The molecule has 1 aliphatic heterocycles. The molecule has 1 heterocycles. The van der Waals surface area contributed by atoms with Gasteiger partial charge >= 0.3 is 5.97 Å². The molecule has 0 spiro atoms. The number of amides is 1. The number of nitrogens with zero attached hydrogens (tertiary/aromatic N) is 1. The van der Waals surface area contributed by atoms with Gasteiger partial charge < -0.3 is 14.7 Å². The molecule has 1 atom stereocenters. The predicted octanol–water partition coefficient (Wildman–Crippen LogP) is 0.0221. The molecule has 10 heteroatoms. The molecule has 8 nitrogen and oxygen atoms in total. The molecule has 0 bridgehead atoms. The number of primary sulfonamides is 1. The summed E-state index contributed by atoms with van der Waals surface area (Å²) in [4.78, 5) is 24.5. The Hall–Kier alpha value is -1.49. The van der Waals surface area contributed by atoms with Gasteiger partial charge in [0, 0.05) is 11.0 Å². The summed E-state index contributed by atoms with van der Waals surface area (Å²) in [6, 6.07) is 3.84. The minimum absolute atomic E-state index is 0.0925. The Morgan fingerprint density at radius 3 is 2.68 bits per heavy atom. The molecule has 1 saturated heterocycles. The molecule has 0 aromatic heterocycles. The molecule has 1 aromatic rings. The lowest BCUT2D eigenvalue weighted by atomic mass is 10.1. The molecule has 3 N–H and O–H groups in total. The summed E-state index contributed by atoms with van der Waals surface area (Å²) < 4.78 is 28.2. The Morgan fingerprint density at radius 1 is 1.41 bits per heavy atom. The number of halogens is 1. The number of hydrogen-bond donors (Lipinski definition) is 2. The lowest BCUT2D eigenvalue weighted by Crippen LogP contribution is -2.48. The minimum atomic E-state index is -3.94. The van der Waals surface area contributed by atoms with Crippen LogP contribution in [0.3, 0.4) is 0 Å². The standard InChI is InChI=1S/C12H13BrN2O6S/c13-9-2-1-7(22(14,19)20)5-8(9)11(16)15-3-4-21-10(6-15)12(17)18/h1-2,5,10H,3-4,6H2,(H,17,18)(H2,14,19,20)/t10-/m0/s1. The highest BCUT2D eigenvalue weighted by Crippen LogP contribution is 2.23. The van der Waals surface area contributed by atoms with Gasteiger partial charge in [-0.15, -0.1) is 0 Å². The zero-order valence-corrected chi connectivity index (χ0v) is 13.6. The van der Waals surface area contributed by atoms with Gasteiger partial charge in [-0.05, 0) is 34.1 Å². The fraction of sp³-hybridized carbons (Fsp3) is 0.333. The first-order chi connectivity index (χ1) is 10.2. The number of carbonyl (C=O) groups excluding carboxylic acids is 1. The average Bonchev–Trinajstić information content (AvgIpc) is 2.46. The van der Waals surface area contributed by atoms with Crippen molar-refractivity contribution in [2.75, 3.05) is 19.7 Å². The van der Waals surface area contributed by atoms with E-state index in [2.05, 4.69) is 15.9 Å². The fourth-order valence-electron chi connectivity index (χ4n) is 2.00. The molecular weight excluding hydrogens is 380 g/mol. The summed E-state index contributed by atoms with van der Waals surface area (Å²) in [5.41, 5.74) is 0.0950. The van der Waals surface area contributed by atoms with Crippen LogP contribution in [0.15, 0.2) is 27.6 Å². The molecule has 1 aromatic carbocycles. The van der Waals surface area contributed by atoms with Crippen LogP contribution in [0.4, 0.5) is 0 Å². The number of carboxylic acid groups (broad SMARTS) is 1. The van der Waals surface area contributed by atoms with Crippen LogP contribution in [0.5, 0.6) is 0 Å². The normalized spacial score (nSPS) is 19.0. The third-order valence-corrected chi connectivity index (χ3v) is 4.73. The molecular formula is C12H13BrN2O6S. The van der Waals surface area contributed by atoms with Crippen molar-refractivity contribution in [3.63, 3.8) is 0 Å². The molecule has 1 aliphatic rings. The molecule has 0 unspecified atom stereocenters. The van der Waals surface area contributed by atoms with Gasteiger partial charge in [-0.3, -0.25) is 4.79 Å². The van der Waals surface area contributed by atoms with Crippen molar-refractivity contribution in [1.82, 2.24) is 4.90 Å². The van der Waals surface area contributed by atoms with E-state index in [0.29, 0.717) is 4.47 Å². The predicted molar refractivity (Wildman–Crippen MR) is 78.8 cm³/mol. The summed E-state index contributed by atoms with van der Waals surface area (Å²) in [6.45, 7) is 0.198. The van der Waals surface area contributed by atoms with Crippen LogP contribution in [0, 0.1) is 0 Å². The van der Waals surface area contributed by atoms with E-state index in [0.717, 1.165) is 6.07 Å². The second kappa shape index (κ2) is 6.32. The number of sulfonamides is 1. The van der Waals surface area contributed by atoms with E-state index in [9.17, 15) is 18.0 Å². The van der Waals surface area contributed by atoms with Crippen molar-refractivity contribution in [2.45, 2.75) is 11.0 Å². The first-order valence-electron chi connectivity index (χ1n) is 6.16. The van der Waals surface area contributed by atoms with Crippen LogP contribution in [0.1, 0.15) is 10.4 Å². The van der Waals surface area contributed by atoms with Gasteiger partial charge in [0.2, 0.25) is 10.0 Å². The van der Waals surface area contributed by atoms with E-state index in [1.54, 1.807) is 0 Å². The summed E-state index contributed by atoms with van der Waals surface area (Å²) in [7, 11) is -3.94. The van der Waals surface area contributed by atoms with Crippen molar-refractivity contribution >= 4 is 37.8 Å². The van der Waals surface area contributed by atoms with E-state index in [1.165, 1.54) is 17.0 Å². The summed E-state index contributed by atoms with van der Waals surface area (Å²) in [6.07, 6.45) is -1.10. The maximum absolute atomic E-state index is 12.5. The van der Waals surface area contributed by atoms with Crippen molar-refractivity contribution in [3.05, 3.63) is 28.2 Å². The molecule has 120 valence electrons. The maximum Gasteiger partial charge on any atom is 0.334 e. The Labute approximate surface area is 135 Å². The van der Waals surface area contributed by atoms with E-state index in [1.807, 2.05) is 0 Å². The summed E-state index contributed by atoms with van der Waals surface area (Å²) in [5, 5.41) is 14.0. The van der Waals surface area contributed by atoms with Gasteiger partial charge in [-0.1, -0.05) is 0 Å². The Balaban J connectivity index is 2.31. The molecule has 1 amide bonds. The minimum Gasteiger partial charge on any atom is -0.479 e. The monoisotopic (exact) mass is 392 g/mol.